The molecule has 0 saturated carbocycles. The standard InChI is InChI=1S/C35H21N3/c1-36-29-18-16-25(17-19-29)30-9-4-7-23-12-14-26(20-32(23)30)27-15-13-24-8-5-10-31(33(24)21-27)35-37-22-28-6-2-3-11-34(28)38-35/h2-22H. The summed E-state index contributed by atoms with van der Waals surface area (Å²) in [5.74, 6) is 0.732. The summed E-state index contributed by atoms with van der Waals surface area (Å²) in [6, 6.07) is 41.8. The SMILES string of the molecule is [C-]#[N+]c1ccc(-c2cccc3ccc(-c4ccc5cccc(-c6ncc7ccccc7n6)c5c4)cc23)cc1. The summed E-state index contributed by atoms with van der Waals surface area (Å²) >= 11 is 0. The Kier molecular flexibility index (Phi) is 5.17. The zero-order valence-electron chi connectivity index (χ0n) is 20.5. The molecule has 0 bridgehead atoms. The van der Waals surface area contributed by atoms with Crippen molar-refractivity contribution in [3.05, 3.63) is 139 Å². The first kappa shape index (κ1) is 21.9. The third kappa shape index (κ3) is 3.77. The summed E-state index contributed by atoms with van der Waals surface area (Å²) in [5, 5.41) is 5.69. The number of benzene rings is 6. The van der Waals surface area contributed by atoms with E-state index in [1.54, 1.807) is 0 Å². The molecule has 0 amide bonds. The van der Waals surface area contributed by atoms with Crippen LogP contribution in [0.4, 0.5) is 5.69 Å². The molecule has 1 heterocycles. The van der Waals surface area contributed by atoms with E-state index in [2.05, 4.69) is 77.6 Å². The normalized spacial score (nSPS) is 11.1. The van der Waals surface area contributed by atoms with Crippen LogP contribution in [0, 0.1) is 6.57 Å². The molecule has 0 fully saturated rings. The van der Waals surface area contributed by atoms with E-state index in [0.717, 1.165) is 55.3 Å². The van der Waals surface area contributed by atoms with Crippen LogP contribution in [-0.2, 0) is 0 Å². The third-order valence-electron chi connectivity index (χ3n) is 7.13. The number of fused-ring (bicyclic) bond motifs is 3. The van der Waals surface area contributed by atoms with Gasteiger partial charge in [0.15, 0.2) is 11.5 Å². The van der Waals surface area contributed by atoms with Gasteiger partial charge in [-0.15, -0.1) is 0 Å². The Morgan fingerprint density at radius 1 is 0.526 bits per heavy atom. The molecule has 0 unspecified atom stereocenters. The topological polar surface area (TPSA) is 30.1 Å². The zero-order chi connectivity index (χ0) is 25.5. The lowest BCUT2D eigenvalue weighted by Crippen LogP contribution is -1.91. The Bertz CT molecular complexity index is 2030. The third-order valence-corrected chi connectivity index (χ3v) is 7.13. The number of rotatable bonds is 3. The van der Waals surface area contributed by atoms with Crippen molar-refractivity contribution in [3.63, 3.8) is 0 Å². The number of para-hydroxylation sites is 1. The molecular weight excluding hydrogens is 462 g/mol. The summed E-state index contributed by atoms with van der Waals surface area (Å²) in [7, 11) is 0. The first-order valence-corrected chi connectivity index (χ1v) is 12.5. The van der Waals surface area contributed by atoms with E-state index >= 15 is 0 Å². The van der Waals surface area contributed by atoms with Crippen LogP contribution in [0.1, 0.15) is 0 Å². The average Bonchev–Trinajstić information content (AvgIpc) is 2.99. The lowest BCUT2D eigenvalue weighted by atomic mass is 9.93. The average molecular weight is 484 g/mol. The van der Waals surface area contributed by atoms with Crippen molar-refractivity contribution in [2.45, 2.75) is 0 Å². The second-order valence-electron chi connectivity index (χ2n) is 9.39. The molecule has 3 heteroatoms. The second-order valence-corrected chi connectivity index (χ2v) is 9.39. The van der Waals surface area contributed by atoms with Gasteiger partial charge in [-0.2, -0.15) is 0 Å². The highest BCUT2D eigenvalue weighted by molar-refractivity contribution is 6.01. The zero-order valence-corrected chi connectivity index (χ0v) is 20.5. The Morgan fingerprint density at radius 2 is 1.13 bits per heavy atom. The van der Waals surface area contributed by atoms with Gasteiger partial charge in [0.1, 0.15) is 0 Å². The largest absolute Gasteiger partial charge is 0.238 e. The van der Waals surface area contributed by atoms with Crippen molar-refractivity contribution in [1.82, 2.24) is 9.97 Å². The smallest absolute Gasteiger partial charge is 0.187 e. The van der Waals surface area contributed by atoms with Gasteiger partial charge in [0.05, 0.1) is 12.1 Å². The molecule has 0 atom stereocenters. The quantitative estimate of drug-likeness (QED) is 0.234. The minimum Gasteiger partial charge on any atom is -0.238 e. The van der Waals surface area contributed by atoms with Crippen molar-refractivity contribution in [1.29, 1.82) is 0 Å². The maximum atomic E-state index is 7.25. The molecule has 0 radical (unpaired) electrons. The Labute approximate surface area is 220 Å². The molecule has 0 spiro atoms. The molecule has 7 rings (SSSR count). The van der Waals surface area contributed by atoms with Gasteiger partial charge in [0.25, 0.3) is 0 Å². The lowest BCUT2D eigenvalue weighted by molar-refractivity contribution is 1.23. The van der Waals surface area contributed by atoms with E-state index < -0.39 is 0 Å². The van der Waals surface area contributed by atoms with Crippen molar-refractivity contribution in [2.75, 3.05) is 0 Å². The summed E-state index contributed by atoms with van der Waals surface area (Å²) in [6.07, 6.45) is 1.90. The Morgan fingerprint density at radius 3 is 1.84 bits per heavy atom. The molecule has 1 aromatic heterocycles. The van der Waals surface area contributed by atoms with E-state index in [1.165, 1.54) is 10.8 Å². The van der Waals surface area contributed by atoms with Crippen molar-refractivity contribution >= 4 is 38.1 Å². The first-order chi connectivity index (χ1) is 18.8. The molecule has 6 aromatic carbocycles. The molecule has 0 aliphatic carbocycles. The molecule has 3 nitrogen and oxygen atoms in total. The van der Waals surface area contributed by atoms with E-state index in [0.29, 0.717) is 5.69 Å². The van der Waals surface area contributed by atoms with Crippen LogP contribution in [0.3, 0.4) is 0 Å². The molecule has 0 aliphatic rings. The van der Waals surface area contributed by atoms with Crippen LogP contribution < -0.4 is 0 Å². The molecule has 7 aromatic rings. The van der Waals surface area contributed by atoms with Crippen LogP contribution >= 0.6 is 0 Å². The number of nitrogens with zero attached hydrogens (tertiary/aromatic N) is 3. The monoisotopic (exact) mass is 483 g/mol. The van der Waals surface area contributed by atoms with Crippen molar-refractivity contribution in [3.8, 4) is 33.6 Å². The number of hydrogen-bond acceptors (Lipinski definition) is 2. The maximum Gasteiger partial charge on any atom is 0.187 e. The predicted octanol–water partition coefficient (Wildman–Crippen LogP) is 9.49. The summed E-state index contributed by atoms with van der Waals surface area (Å²) < 4.78 is 0. The minimum absolute atomic E-state index is 0.650. The van der Waals surface area contributed by atoms with Crippen molar-refractivity contribution in [2.24, 2.45) is 0 Å². The minimum atomic E-state index is 0.650. The van der Waals surface area contributed by atoms with Crippen molar-refractivity contribution < 1.29 is 0 Å². The highest BCUT2D eigenvalue weighted by atomic mass is 14.9. The summed E-state index contributed by atoms with van der Waals surface area (Å²) in [5.41, 5.74) is 7.18. The van der Waals surface area contributed by atoms with Gasteiger partial charge in [0, 0.05) is 17.1 Å². The van der Waals surface area contributed by atoms with Crippen LogP contribution in [0.5, 0.6) is 0 Å². The van der Waals surface area contributed by atoms with Crippen LogP contribution in [0.2, 0.25) is 0 Å². The van der Waals surface area contributed by atoms with Gasteiger partial charge in [0.2, 0.25) is 0 Å². The van der Waals surface area contributed by atoms with Crippen LogP contribution in [0.25, 0.3) is 70.9 Å². The van der Waals surface area contributed by atoms with Gasteiger partial charge in [-0.05, 0) is 62.0 Å². The Hall–Kier alpha value is -5.33. The van der Waals surface area contributed by atoms with E-state index in [-0.39, 0.29) is 0 Å². The fourth-order valence-corrected chi connectivity index (χ4v) is 5.17. The fourth-order valence-electron chi connectivity index (χ4n) is 5.17. The van der Waals surface area contributed by atoms with Gasteiger partial charge in [-0.3, -0.25) is 0 Å². The van der Waals surface area contributed by atoms with Gasteiger partial charge < -0.3 is 0 Å². The van der Waals surface area contributed by atoms with E-state index in [9.17, 15) is 0 Å². The van der Waals surface area contributed by atoms with E-state index in [1.807, 2.05) is 54.7 Å². The molecule has 0 N–H and O–H groups in total. The molecular formula is C35H21N3. The van der Waals surface area contributed by atoms with Crippen LogP contribution in [0.15, 0.2) is 128 Å². The molecule has 38 heavy (non-hydrogen) atoms. The summed E-state index contributed by atoms with van der Waals surface area (Å²) in [4.78, 5) is 13.1. The highest BCUT2D eigenvalue weighted by Crippen LogP contribution is 2.35. The second kappa shape index (κ2) is 8.96. The number of hydrogen-bond donors (Lipinski definition) is 0. The lowest BCUT2D eigenvalue weighted by Gasteiger charge is -2.12. The molecule has 176 valence electrons. The predicted molar refractivity (Wildman–Crippen MR) is 157 cm³/mol. The molecule has 0 aliphatic heterocycles. The van der Waals surface area contributed by atoms with Crippen LogP contribution in [-0.4, -0.2) is 9.97 Å². The number of aromatic nitrogens is 2. The van der Waals surface area contributed by atoms with Gasteiger partial charge in [-0.25, -0.2) is 14.8 Å². The van der Waals surface area contributed by atoms with Gasteiger partial charge >= 0.3 is 0 Å². The first-order valence-electron chi connectivity index (χ1n) is 12.5. The molecule has 0 saturated heterocycles. The fraction of sp³-hybridized carbons (Fsp3) is 0. The summed E-state index contributed by atoms with van der Waals surface area (Å²) in [6.45, 7) is 7.25. The van der Waals surface area contributed by atoms with Gasteiger partial charge in [-0.1, -0.05) is 103 Å². The highest BCUT2D eigenvalue weighted by Gasteiger charge is 2.11. The Balaban J connectivity index is 1.37. The maximum absolute atomic E-state index is 7.25. The van der Waals surface area contributed by atoms with E-state index in [4.69, 9.17) is 16.5 Å².